The van der Waals surface area contributed by atoms with Gasteiger partial charge in [-0.3, -0.25) is 14.7 Å². The molecule has 0 saturated carbocycles. The van der Waals surface area contributed by atoms with Crippen molar-refractivity contribution in [3.8, 4) is 0 Å². The number of carbonyl (C=O) groups excluding carboxylic acids is 2. The number of nitrogens with zero attached hydrogens (tertiary/aromatic N) is 2. The molecule has 1 aliphatic rings. The van der Waals surface area contributed by atoms with E-state index in [-0.39, 0.29) is 11.6 Å². The second kappa shape index (κ2) is 3.86. The molecule has 0 unspecified atom stereocenters. The Morgan fingerprint density at radius 3 is 3.00 bits per heavy atom. The van der Waals surface area contributed by atoms with Crippen molar-refractivity contribution < 1.29 is 9.59 Å². The Balaban J connectivity index is 2.28. The Labute approximate surface area is 91.0 Å². The molecule has 0 spiro atoms. The first-order chi connectivity index (χ1) is 7.20. The second-order valence-electron chi connectivity index (χ2n) is 3.04. The smallest absolute Gasteiger partial charge is 0.324 e. The minimum atomic E-state index is -0.414. The molecule has 0 atom stereocenters. The SMILES string of the molecule is O=C1NCCN1C(=O)c1cnccc1Cl. The molecule has 1 fully saturated rings. The molecule has 5 nitrogen and oxygen atoms in total. The molecule has 0 radical (unpaired) electrons. The summed E-state index contributed by atoms with van der Waals surface area (Å²) in [5.74, 6) is -0.414. The van der Waals surface area contributed by atoms with Crippen molar-refractivity contribution in [2.45, 2.75) is 0 Å². The molecule has 2 rings (SSSR count). The van der Waals surface area contributed by atoms with E-state index in [1.165, 1.54) is 18.5 Å². The van der Waals surface area contributed by atoms with Gasteiger partial charge in [0.1, 0.15) is 0 Å². The molecule has 1 N–H and O–H groups in total. The van der Waals surface area contributed by atoms with Crippen molar-refractivity contribution in [2.75, 3.05) is 13.1 Å². The highest BCUT2D eigenvalue weighted by atomic mass is 35.5. The lowest BCUT2D eigenvalue weighted by atomic mass is 10.2. The van der Waals surface area contributed by atoms with Crippen LogP contribution in [0.4, 0.5) is 4.79 Å². The summed E-state index contributed by atoms with van der Waals surface area (Å²) in [4.78, 5) is 28.0. The van der Waals surface area contributed by atoms with Crippen molar-refractivity contribution in [3.63, 3.8) is 0 Å². The second-order valence-corrected chi connectivity index (χ2v) is 3.45. The van der Waals surface area contributed by atoms with Gasteiger partial charge < -0.3 is 5.32 Å². The Bertz CT molecular complexity index is 422. The highest BCUT2D eigenvalue weighted by Crippen LogP contribution is 2.16. The predicted octanol–water partition coefficient (Wildman–Crippen LogP) is 0.900. The van der Waals surface area contributed by atoms with Crippen molar-refractivity contribution in [1.29, 1.82) is 0 Å². The molecule has 1 aliphatic heterocycles. The van der Waals surface area contributed by atoms with Crippen LogP contribution in [0, 0.1) is 0 Å². The lowest BCUT2D eigenvalue weighted by Gasteiger charge is -2.12. The standard InChI is InChI=1S/C9H8ClN3O2/c10-7-1-2-11-5-6(7)8(14)13-4-3-12-9(13)15/h1-2,5H,3-4H2,(H,12,15). The number of urea groups is 1. The average molecular weight is 226 g/mol. The number of carbonyl (C=O) groups is 2. The summed E-state index contributed by atoms with van der Waals surface area (Å²) in [6.45, 7) is 0.839. The highest BCUT2D eigenvalue weighted by molar-refractivity contribution is 6.34. The van der Waals surface area contributed by atoms with Gasteiger partial charge in [0.05, 0.1) is 10.6 Å². The van der Waals surface area contributed by atoms with E-state index in [2.05, 4.69) is 10.3 Å². The number of rotatable bonds is 1. The van der Waals surface area contributed by atoms with Crippen LogP contribution >= 0.6 is 11.6 Å². The zero-order valence-electron chi connectivity index (χ0n) is 7.74. The maximum atomic E-state index is 11.8. The van der Waals surface area contributed by atoms with Gasteiger partial charge in [-0.1, -0.05) is 11.6 Å². The minimum Gasteiger partial charge on any atom is -0.336 e. The third kappa shape index (κ3) is 1.78. The van der Waals surface area contributed by atoms with Gasteiger partial charge in [0.2, 0.25) is 0 Å². The molecule has 6 heteroatoms. The molecule has 0 aromatic carbocycles. The van der Waals surface area contributed by atoms with E-state index in [4.69, 9.17) is 11.6 Å². The van der Waals surface area contributed by atoms with Crippen LogP contribution in [0.2, 0.25) is 5.02 Å². The predicted molar refractivity (Wildman–Crippen MR) is 53.7 cm³/mol. The zero-order chi connectivity index (χ0) is 10.8. The van der Waals surface area contributed by atoms with Gasteiger partial charge in [-0.15, -0.1) is 0 Å². The minimum absolute atomic E-state index is 0.246. The first-order valence-electron chi connectivity index (χ1n) is 4.39. The van der Waals surface area contributed by atoms with Gasteiger partial charge in [-0.2, -0.15) is 0 Å². The summed E-state index contributed by atoms with van der Waals surface area (Å²) < 4.78 is 0. The van der Waals surface area contributed by atoms with Crippen LogP contribution in [0.25, 0.3) is 0 Å². The lowest BCUT2D eigenvalue weighted by Crippen LogP contribution is -2.34. The Hall–Kier alpha value is -1.62. The van der Waals surface area contributed by atoms with Gasteiger partial charge >= 0.3 is 6.03 Å². The summed E-state index contributed by atoms with van der Waals surface area (Å²) in [5.41, 5.74) is 0.246. The summed E-state index contributed by atoms with van der Waals surface area (Å²) >= 11 is 5.83. The van der Waals surface area contributed by atoms with Crippen LogP contribution < -0.4 is 5.32 Å². The van der Waals surface area contributed by atoms with Gasteiger partial charge in [0, 0.05) is 25.5 Å². The number of halogens is 1. The molecule has 15 heavy (non-hydrogen) atoms. The summed E-state index contributed by atoms with van der Waals surface area (Å²) in [5, 5.41) is 2.84. The van der Waals surface area contributed by atoms with Gasteiger partial charge in [0.25, 0.3) is 5.91 Å². The fraction of sp³-hybridized carbons (Fsp3) is 0.222. The highest BCUT2D eigenvalue weighted by Gasteiger charge is 2.28. The first-order valence-corrected chi connectivity index (χ1v) is 4.77. The van der Waals surface area contributed by atoms with Gasteiger partial charge in [-0.25, -0.2) is 4.79 Å². The maximum Gasteiger partial charge on any atom is 0.324 e. The quantitative estimate of drug-likeness (QED) is 0.773. The van der Waals surface area contributed by atoms with Crippen molar-refractivity contribution in [3.05, 3.63) is 29.0 Å². The molecular formula is C9H8ClN3O2. The molecule has 78 valence electrons. The van der Waals surface area contributed by atoms with Gasteiger partial charge in [-0.05, 0) is 6.07 Å². The first kappa shape index (κ1) is 9.92. The number of pyridine rings is 1. The van der Waals surface area contributed by atoms with Crippen LogP contribution in [-0.2, 0) is 0 Å². The topological polar surface area (TPSA) is 62.3 Å². The Morgan fingerprint density at radius 1 is 1.60 bits per heavy atom. The number of hydrogen-bond acceptors (Lipinski definition) is 3. The normalized spacial score (nSPS) is 15.3. The molecule has 1 saturated heterocycles. The third-order valence-electron chi connectivity index (χ3n) is 2.10. The summed E-state index contributed by atoms with van der Waals surface area (Å²) in [6.07, 6.45) is 2.85. The maximum absolute atomic E-state index is 11.8. The molecule has 1 aromatic heterocycles. The van der Waals surface area contributed by atoms with E-state index in [1.807, 2.05) is 0 Å². The van der Waals surface area contributed by atoms with E-state index in [0.29, 0.717) is 18.1 Å². The Kier molecular flexibility index (Phi) is 2.55. The fourth-order valence-electron chi connectivity index (χ4n) is 1.35. The van der Waals surface area contributed by atoms with Crippen LogP contribution in [0.15, 0.2) is 18.5 Å². The molecule has 2 heterocycles. The zero-order valence-corrected chi connectivity index (χ0v) is 8.49. The van der Waals surface area contributed by atoms with Crippen molar-refractivity contribution in [1.82, 2.24) is 15.2 Å². The molecule has 3 amide bonds. The van der Waals surface area contributed by atoms with Crippen LogP contribution in [0.5, 0.6) is 0 Å². The van der Waals surface area contributed by atoms with E-state index >= 15 is 0 Å². The van der Waals surface area contributed by atoms with Crippen molar-refractivity contribution >= 4 is 23.5 Å². The summed E-state index contributed by atoms with van der Waals surface area (Å²) in [7, 11) is 0. The number of nitrogens with one attached hydrogen (secondary N) is 1. The molecular weight excluding hydrogens is 218 g/mol. The average Bonchev–Trinajstić information content (AvgIpc) is 2.64. The molecule has 1 aromatic rings. The lowest BCUT2D eigenvalue weighted by molar-refractivity contribution is 0.0829. The number of hydrogen-bond donors (Lipinski definition) is 1. The number of imide groups is 1. The van der Waals surface area contributed by atoms with Crippen LogP contribution in [-0.4, -0.2) is 34.9 Å². The molecule has 0 bridgehead atoms. The van der Waals surface area contributed by atoms with Crippen LogP contribution in [0.3, 0.4) is 0 Å². The summed E-state index contributed by atoms with van der Waals surface area (Å²) in [6, 6.07) is 1.13. The fourth-order valence-corrected chi connectivity index (χ4v) is 1.53. The monoisotopic (exact) mass is 225 g/mol. The van der Waals surface area contributed by atoms with Crippen LogP contribution in [0.1, 0.15) is 10.4 Å². The van der Waals surface area contributed by atoms with Crippen molar-refractivity contribution in [2.24, 2.45) is 0 Å². The van der Waals surface area contributed by atoms with Gasteiger partial charge in [0.15, 0.2) is 0 Å². The number of aromatic nitrogens is 1. The van der Waals surface area contributed by atoms with E-state index < -0.39 is 5.91 Å². The Morgan fingerprint density at radius 2 is 2.40 bits per heavy atom. The molecule has 0 aliphatic carbocycles. The van der Waals surface area contributed by atoms with E-state index in [1.54, 1.807) is 0 Å². The third-order valence-corrected chi connectivity index (χ3v) is 2.43. The largest absolute Gasteiger partial charge is 0.336 e. The number of amides is 3. The van der Waals surface area contributed by atoms with E-state index in [9.17, 15) is 9.59 Å². The van der Waals surface area contributed by atoms with E-state index in [0.717, 1.165) is 4.90 Å².